The van der Waals surface area contributed by atoms with Gasteiger partial charge in [0.2, 0.25) is 0 Å². The van der Waals surface area contributed by atoms with Crippen molar-refractivity contribution >= 4 is 45.2 Å². The highest BCUT2D eigenvalue weighted by Gasteiger charge is 2.27. The summed E-state index contributed by atoms with van der Waals surface area (Å²) in [4.78, 5) is -1.89. The molecule has 7 heteroatoms. The van der Waals surface area contributed by atoms with Crippen LogP contribution in [-0.2, 0) is 9.84 Å². The molecule has 0 aliphatic heterocycles. The molecular weight excluding hydrogens is 533 g/mol. The highest BCUT2D eigenvalue weighted by Crippen LogP contribution is 2.31. The number of allylic oxidation sites excluding steroid dienone is 10. The van der Waals surface area contributed by atoms with Gasteiger partial charge in [0, 0.05) is 23.0 Å². The van der Waals surface area contributed by atoms with Crippen molar-refractivity contribution in [1.29, 1.82) is 0 Å². The molecule has 192 valence electrons. The maximum Gasteiger partial charge on any atom is 0.152 e. The molecule has 0 saturated carbocycles. The molecule has 0 saturated heterocycles. The molecule has 0 fully saturated rings. The van der Waals surface area contributed by atoms with Crippen molar-refractivity contribution in [3.63, 3.8) is 0 Å². The maximum atomic E-state index is 13.8. The number of hydrogen-bond donors (Lipinski definition) is 0. The average molecular weight is 560 g/mol. The van der Waals surface area contributed by atoms with E-state index in [-0.39, 0.29) is 35.0 Å². The van der Waals surface area contributed by atoms with Crippen LogP contribution in [0.4, 0.5) is 8.78 Å². The maximum absolute atomic E-state index is 13.8. The lowest BCUT2D eigenvalue weighted by Gasteiger charge is -2.23. The predicted molar refractivity (Wildman–Crippen MR) is 150 cm³/mol. The molecule has 2 aliphatic rings. The molecule has 0 bridgehead atoms. The van der Waals surface area contributed by atoms with E-state index in [1.807, 2.05) is 0 Å². The summed E-state index contributed by atoms with van der Waals surface area (Å²) in [5.74, 6) is -1.42. The summed E-state index contributed by atoms with van der Waals surface area (Å²) in [7, 11) is -3.40. The Bertz CT molecular complexity index is 1290. The van der Waals surface area contributed by atoms with Crippen molar-refractivity contribution in [3.05, 3.63) is 132 Å². The van der Waals surface area contributed by atoms with E-state index in [9.17, 15) is 17.2 Å². The predicted octanol–water partition coefficient (Wildman–Crippen LogP) is 7.55. The SMILES string of the molecule is O=S(=O)(CC1C=CC(Cl)(/C=C/c2ccccc2F)C=C1)CC1C=CC(Cl)(/C=C/c2ccccc2F)C=C1. The first-order chi connectivity index (χ1) is 17.5. The normalized spacial score (nSPS) is 27.5. The third kappa shape index (κ3) is 7.64. The number of halogens is 4. The fourth-order valence-corrected chi connectivity index (χ4v) is 6.25. The lowest BCUT2D eigenvalue weighted by molar-refractivity contribution is 0.586. The first kappa shape index (κ1) is 27.3. The van der Waals surface area contributed by atoms with E-state index in [1.54, 1.807) is 109 Å². The molecule has 2 nitrogen and oxygen atoms in total. The van der Waals surface area contributed by atoms with Crippen molar-refractivity contribution in [3.8, 4) is 0 Å². The summed E-state index contributed by atoms with van der Waals surface area (Å²) in [5.41, 5.74) is 0.845. The summed E-state index contributed by atoms with van der Waals surface area (Å²) < 4.78 is 53.4. The summed E-state index contributed by atoms with van der Waals surface area (Å²) in [5, 5.41) is 0. The molecule has 2 aliphatic carbocycles. The van der Waals surface area contributed by atoms with Gasteiger partial charge in [-0.1, -0.05) is 109 Å². The standard InChI is InChI=1S/C30H26Cl2F2O2S/c31-29(19-13-25-5-1-3-7-27(25)33)15-9-23(10-16-29)21-37(35,36)22-24-11-17-30(32,18-12-24)20-14-26-6-2-4-8-28(26)34/h1-20,23-24H,21-22H2/b19-13+,20-14+. The molecule has 0 unspecified atom stereocenters. The summed E-state index contributed by atoms with van der Waals surface area (Å²) >= 11 is 13.2. The Kier molecular flexibility index (Phi) is 8.37. The number of benzene rings is 2. The van der Waals surface area contributed by atoms with Gasteiger partial charge in [-0.15, -0.1) is 23.2 Å². The zero-order chi connectivity index (χ0) is 26.5. The Morgan fingerprint density at radius 2 is 1.03 bits per heavy atom. The minimum absolute atomic E-state index is 0.0542. The molecule has 0 aromatic heterocycles. The van der Waals surface area contributed by atoms with Gasteiger partial charge in [0.05, 0.1) is 21.3 Å². The lowest BCUT2D eigenvalue weighted by Crippen LogP contribution is -2.25. The molecule has 4 rings (SSSR count). The van der Waals surface area contributed by atoms with Crippen LogP contribution < -0.4 is 0 Å². The van der Waals surface area contributed by atoms with E-state index in [4.69, 9.17) is 23.2 Å². The van der Waals surface area contributed by atoms with Gasteiger partial charge in [0.25, 0.3) is 0 Å². The van der Waals surface area contributed by atoms with Gasteiger partial charge in [0.1, 0.15) is 11.6 Å². The molecule has 0 spiro atoms. The molecule has 37 heavy (non-hydrogen) atoms. The first-order valence-electron chi connectivity index (χ1n) is 11.8. The molecule has 2 aromatic carbocycles. The summed E-state index contributed by atoms with van der Waals surface area (Å²) in [6.45, 7) is 0. The largest absolute Gasteiger partial charge is 0.229 e. The number of alkyl halides is 2. The second-order valence-corrected chi connectivity index (χ2v) is 12.7. The Morgan fingerprint density at radius 3 is 1.38 bits per heavy atom. The smallest absolute Gasteiger partial charge is 0.152 e. The average Bonchev–Trinajstić information content (AvgIpc) is 2.86. The van der Waals surface area contributed by atoms with Crippen LogP contribution in [0.1, 0.15) is 11.1 Å². The van der Waals surface area contributed by atoms with E-state index >= 15 is 0 Å². The minimum Gasteiger partial charge on any atom is -0.229 e. The van der Waals surface area contributed by atoms with E-state index in [0.717, 1.165) is 0 Å². The third-order valence-electron chi connectivity index (χ3n) is 6.14. The summed E-state index contributed by atoms with van der Waals surface area (Å²) in [6.07, 6.45) is 20.5. The second-order valence-electron chi connectivity index (χ2n) is 9.21. The van der Waals surface area contributed by atoms with Gasteiger partial charge in [-0.05, 0) is 12.1 Å². The zero-order valence-electron chi connectivity index (χ0n) is 19.9. The van der Waals surface area contributed by atoms with Crippen LogP contribution >= 0.6 is 23.2 Å². The van der Waals surface area contributed by atoms with E-state index < -0.39 is 19.6 Å². The molecule has 0 N–H and O–H groups in total. The Labute approximate surface area is 226 Å². The van der Waals surface area contributed by atoms with E-state index in [0.29, 0.717) is 11.1 Å². The third-order valence-corrected chi connectivity index (χ3v) is 8.68. The highest BCUT2D eigenvalue weighted by atomic mass is 35.5. The van der Waals surface area contributed by atoms with Crippen molar-refractivity contribution in [1.82, 2.24) is 0 Å². The van der Waals surface area contributed by atoms with E-state index in [1.165, 1.54) is 12.1 Å². The zero-order valence-corrected chi connectivity index (χ0v) is 22.2. The monoisotopic (exact) mass is 558 g/mol. The van der Waals surface area contributed by atoms with Gasteiger partial charge < -0.3 is 0 Å². The Hall–Kier alpha value is -2.73. The van der Waals surface area contributed by atoms with Crippen LogP contribution in [0.3, 0.4) is 0 Å². The van der Waals surface area contributed by atoms with Crippen LogP contribution in [0.15, 0.2) is 109 Å². The van der Waals surface area contributed by atoms with Crippen molar-refractivity contribution in [2.75, 3.05) is 11.5 Å². The number of hydrogen-bond acceptors (Lipinski definition) is 2. The van der Waals surface area contributed by atoms with Crippen molar-refractivity contribution in [2.24, 2.45) is 11.8 Å². The van der Waals surface area contributed by atoms with Crippen molar-refractivity contribution in [2.45, 2.75) is 9.75 Å². The Morgan fingerprint density at radius 1 is 0.676 bits per heavy atom. The minimum atomic E-state index is -3.40. The van der Waals surface area contributed by atoms with Gasteiger partial charge in [-0.25, -0.2) is 17.2 Å². The molecule has 0 radical (unpaired) electrons. The first-order valence-corrected chi connectivity index (χ1v) is 14.4. The summed E-state index contributed by atoms with van der Waals surface area (Å²) in [6, 6.07) is 12.8. The topological polar surface area (TPSA) is 34.1 Å². The van der Waals surface area contributed by atoms with Crippen molar-refractivity contribution < 1.29 is 17.2 Å². The van der Waals surface area contributed by atoms with Crippen LogP contribution in [-0.4, -0.2) is 29.7 Å². The lowest BCUT2D eigenvalue weighted by atomic mass is 9.95. The molecule has 0 heterocycles. The molecule has 0 atom stereocenters. The second kappa shape index (κ2) is 11.3. The number of rotatable bonds is 8. The quantitative estimate of drug-likeness (QED) is 0.247. The van der Waals surface area contributed by atoms with Crippen LogP contribution in [0.2, 0.25) is 0 Å². The van der Waals surface area contributed by atoms with Gasteiger partial charge in [0.15, 0.2) is 9.84 Å². The van der Waals surface area contributed by atoms with Gasteiger partial charge in [-0.3, -0.25) is 0 Å². The number of sulfone groups is 1. The highest BCUT2D eigenvalue weighted by molar-refractivity contribution is 7.91. The fraction of sp³-hybridized carbons (Fsp3) is 0.200. The van der Waals surface area contributed by atoms with E-state index in [2.05, 4.69) is 0 Å². The van der Waals surface area contributed by atoms with Crippen LogP contribution in [0.25, 0.3) is 12.2 Å². The van der Waals surface area contributed by atoms with Gasteiger partial charge >= 0.3 is 0 Å². The van der Waals surface area contributed by atoms with Gasteiger partial charge in [-0.2, -0.15) is 0 Å². The van der Waals surface area contributed by atoms with Crippen LogP contribution in [0.5, 0.6) is 0 Å². The molecular formula is C30H26Cl2F2O2S. The Balaban J connectivity index is 1.33. The molecule has 2 aromatic rings. The molecule has 0 amide bonds. The fourth-order valence-electron chi connectivity index (χ4n) is 4.08. The van der Waals surface area contributed by atoms with Crippen LogP contribution in [0, 0.1) is 23.5 Å².